The number of hydrogen-bond donors (Lipinski definition) is 1. The van der Waals surface area contributed by atoms with Gasteiger partial charge in [0.2, 0.25) is 0 Å². The Bertz CT molecular complexity index is 977. The molecule has 0 amide bonds. The Labute approximate surface area is 150 Å². The molecule has 1 aromatic carbocycles. The molecule has 1 aliphatic rings. The van der Waals surface area contributed by atoms with Gasteiger partial charge in [0.05, 0.1) is 11.2 Å². The Balaban J connectivity index is 1.57. The van der Waals surface area contributed by atoms with Crippen molar-refractivity contribution in [3.63, 3.8) is 0 Å². The molecule has 1 fully saturated rings. The average Bonchev–Trinajstić information content (AvgIpc) is 2.60. The molecule has 0 atom stereocenters. The van der Waals surface area contributed by atoms with Gasteiger partial charge in [0, 0.05) is 47.4 Å². The molecule has 5 nitrogen and oxygen atoms in total. The number of aromatic amines is 1. The van der Waals surface area contributed by atoms with Crippen molar-refractivity contribution in [2.45, 2.75) is 25.7 Å². The van der Waals surface area contributed by atoms with Gasteiger partial charge in [-0.2, -0.15) is 0 Å². The third kappa shape index (κ3) is 3.24. The Morgan fingerprint density at radius 3 is 2.76 bits per heavy atom. The van der Waals surface area contributed by atoms with Crippen LogP contribution >= 0.6 is 11.6 Å². The third-order valence-corrected chi connectivity index (χ3v) is 5.05. The van der Waals surface area contributed by atoms with Gasteiger partial charge in [-0.05, 0) is 44.0 Å². The number of pyridine rings is 1. The maximum atomic E-state index is 11.7. The minimum Gasteiger partial charge on any atom is -0.371 e. The average molecular weight is 355 g/mol. The monoisotopic (exact) mass is 354 g/mol. The summed E-state index contributed by atoms with van der Waals surface area (Å²) < 4.78 is 0. The summed E-state index contributed by atoms with van der Waals surface area (Å²) in [7, 11) is 0. The highest BCUT2D eigenvalue weighted by Crippen LogP contribution is 2.33. The van der Waals surface area contributed by atoms with Crippen LogP contribution in [0.15, 0.2) is 41.3 Å². The minimum atomic E-state index is -0.0677. The second-order valence-electron chi connectivity index (χ2n) is 6.51. The first kappa shape index (κ1) is 16.1. The molecule has 0 spiro atoms. The van der Waals surface area contributed by atoms with Crippen LogP contribution in [0.2, 0.25) is 5.02 Å². The van der Waals surface area contributed by atoms with E-state index >= 15 is 0 Å². The number of H-pyrrole nitrogens is 1. The first-order chi connectivity index (χ1) is 12.1. The number of nitrogens with one attached hydrogen (secondary N) is 1. The number of fused-ring (bicyclic) bond motifs is 1. The summed E-state index contributed by atoms with van der Waals surface area (Å²) in [5, 5.41) is 1.82. The zero-order chi connectivity index (χ0) is 17.4. The summed E-state index contributed by atoms with van der Waals surface area (Å²) in [5.74, 6) is 1.02. The Kier molecular flexibility index (Phi) is 4.17. The summed E-state index contributed by atoms with van der Waals surface area (Å²) in [6.07, 6.45) is 3.79. The van der Waals surface area contributed by atoms with Crippen molar-refractivity contribution in [3.05, 3.63) is 63.4 Å². The normalized spacial score (nSPS) is 15.7. The first-order valence-electron chi connectivity index (χ1n) is 8.47. The van der Waals surface area contributed by atoms with Crippen LogP contribution in [0.5, 0.6) is 0 Å². The molecule has 0 saturated carbocycles. The highest BCUT2D eigenvalue weighted by atomic mass is 35.5. The fourth-order valence-corrected chi connectivity index (χ4v) is 3.78. The molecule has 3 heterocycles. The van der Waals surface area contributed by atoms with E-state index in [4.69, 9.17) is 11.6 Å². The van der Waals surface area contributed by atoms with Crippen LogP contribution in [0.3, 0.4) is 0 Å². The molecule has 2 aromatic heterocycles. The lowest BCUT2D eigenvalue weighted by atomic mass is 9.92. The largest absolute Gasteiger partial charge is 0.371 e. The summed E-state index contributed by atoms with van der Waals surface area (Å²) in [6, 6.07) is 9.54. The lowest BCUT2D eigenvalue weighted by molar-refractivity contribution is 0.495. The van der Waals surface area contributed by atoms with Crippen molar-refractivity contribution in [3.8, 4) is 0 Å². The van der Waals surface area contributed by atoms with Crippen molar-refractivity contribution < 1.29 is 0 Å². The zero-order valence-electron chi connectivity index (χ0n) is 14.0. The molecule has 0 aliphatic carbocycles. The Morgan fingerprint density at radius 1 is 1.20 bits per heavy atom. The number of halogens is 1. The van der Waals surface area contributed by atoms with E-state index in [1.165, 1.54) is 5.69 Å². The van der Waals surface area contributed by atoms with E-state index in [1.54, 1.807) is 6.07 Å². The molecular formula is C19H19ClN4O. The van der Waals surface area contributed by atoms with Crippen molar-refractivity contribution in [1.29, 1.82) is 0 Å². The molecule has 4 rings (SSSR count). The van der Waals surface area contributed by atoms with Crippen molar-refractivity contribution in [1.82, 2.24) is 15.0 Å². The molecule has 3 aromatic rings. The summed E-state index contributed by atoms with van der Waals surface area (Å²) in [6.45, 7) is 3.69. The number of hydrogen-bond acceptors (Lipinski definition) is 4. The standard InChI is InChI=1S/C19H19ClN4O/c1-12-22-16(11-19(25)23-12)13-5-8-24(9-6-13)18-4-7-21-17-10-14(20)2-3-15(17)18/h2-4,7,10-11,13H,5-6,8-9H2,1H3,(H,22,23,25). The maximum absolute atomic E-state index is 11.7. The van der Waals surface area contributed by atoms with E-state index in [9.17, 15) is 4.79 Å². The van der Waals surface area contributed by atoms with Gasteiger partial charge < -0.3 is 9.88 Å². The Morgan fingerprint density at radius 2 is 2.00 bits per heavy atom. The smallest absolute Gasteiger partial charge is 0.251 e. The fourth-order valence-electron chi connectivity index (χ4n) is 3.61. The molecule has 6 heteroatoms. The van der Waals surface area contributed by atoms with E-state index < -0.39 is 0 Å². The third-order valence-electron chi connectivity index (χ3n) is 4.82. The van der Waals surface area contributed by atoms with Gasteiger partial charge in [-0.3, -0.25) is 9.78 Å². The first-order valence-corrected chi connectivity index (χ1v) is 8.85. The van der Waals surface area contributed by atoms with Crippen LogP contribution in [0.25, 0.3) is 10.9 Å². The number of benzene rings is 1. The van der Waals surface area contributed by atoms with Crippen LogP contribution < -0.4 is 10.5 Å². The van der Waals surface area contributed by atoms with Crippen molar-refractivity contribution in [2.75, 3.05) is 18.0 Å². The lowest BCUT2D eigenvalue weighted by Gasteiger charge is -2.34. The van der Waals surface area contributed by atoms with E-state index in [0.29, 0.717) is 16.8 Å². The van der Waals surface area contributed by atoms with Gasteiger partial charge in [-0.25, -0.2) is 4.98 Å². The van der Waals surface area contributed by atoms with Crippen molar-refractivity contribution >= 4 is 28.2 Å². The number of nitrogens with zero attached hydrogens (tertiary/aromatic N) is 3. The number of rotatable bonds is 2. The minimum absolute atomic E-state index is 0.0677. The lowest BCUT2D eigenvalue weighted by Crippen LogP contribution is -2.33. The second-order valence-corrected chi connectivity index (χ2v) is 6.94. The molecule has 1 saturated heterocycles. The number of aromatic nitrogens is 3. The van der Waals surface area contributed by atoms with E-state index in [2.05, 4.69) is 25.9 Å². The predicted octanol–water partition coefficient (Wildman–Crippen LogP) is 3.66. The molecule has 0 unspecified atom stereocenters. The van der Waals surface area contributed by atoms with E-state index in [1.807, 2.05) is 31.3 Å². The van der Waals surface area contributed by atoms with Crippen LogP contribution in [0, 0.1) is 6.92 Å². The zero-order valence-corrected chi connectivity index (χ0v) is 14.8. The molecule has 1 aliphatic heterocycles. The van der Waals surface area contributed by atoms with Gasteiger partial charge >= 0.3 is 0 Å². The van der Waals surface area contributed by atoms with Gasteiger partial charge in [0.1, 0.15) is 5.82 Å². The molecule has 0 bridgehead atoms. The number of aryl methyl sites for hydroxylation is 1. The highest BCUT2D eigenvalue weighted by molar-refractivity contribution is 6.31. The van der Waals surface area contributed by atoms with Crippen LogP contribution in [0.4, 0.5) is 5.69 Å². The van der Waals surface area contributed by atoms with Gasteiger partial charge in [-0.15, -0.1) is 0 Å². The summed E-state index contributed by atoms with van der Waals surface area (Å²) in [4.78, 5) is 25.7. The summed E-state index contributed by atoms with van der Waals surface area (Å²) in [5.41, 5.74) is 2.95. The molecule has 128 valence electrons. The van der Waals surface area contributed by atoms with Gasteiger partial charge in [-0.1, -0.05) is 11.6 Å². The predicted molar refractivity (Wildman–Crippen MR) is 101 cm³/mol. The number of anilines is 1. The Hall–Kier alpha value is -2.40. The van der Waals surface area contributed by atoms with Crippen LogP contribution in [0.1, 0.15) is 30.3 Å². The molecule has 0 radical (unpaired) electrons. The quantitative estimate of drug-likeness (QED) is 0.762. The van der Waals surface area contributed by atoms with E-state index in [0.717, 1.165) is 42.5 Å². The fraction of sp³-hybridized carbons (Fsp3) is 0.316. The topological polar surface area (TPSA) is 61.9 Å². The van der Waals surface area contributed by atoms with Crippen LogP contribution in [-0.2, 0) is 0 Å². The van der Waals surface area contributed by atoms with Crippen LogP contribution in [-0.4, -0.2) is 28.0 Å². The molecular weight excluding hydrogens is 336 g/mol. The number of piperidine rings is 1. The maximum Gasteiger partial charge on any atom is 0.251 e. The SMILES string of the molecule is Cc1nc(C2CCN(c3ccnc4cc(Cl)ccc34)CC2)cc(=O)[nH]1. The van der Waals surface area contributed by atoms with E-state index in [-0.39, 0.29) is 5.56 Å². The molecule has 1 N–H and O–H groups in total. The van der Waals surface area contributed by atoms with Gasteiger partial charge in [0.25, 0.3) is 5.56 Å². The highest BCUT2D eigenvalue weighted by Gasteiger charge is 2.23. The molecule has 25 heavy (non-hydrogen) atoms. The van der Waals surface area contributed by atoms with Crippen molar-refractivity contribution in [2.24, 2.45) is 0 Å². The van der Waals surface area contributed by atoms with Gasteiger partial charge in [0.15, 0.2) is 0 Å². The summed E-state index contributed by atoms with van der Waals surface area (Å²) >= 11 is 6.08. The second kappa shape index (κ2) is 6.48.